The number of nitrogens with one attached hydrogen (secondary N) is 3. The van der Waals surface area contributed by atoms with Gasteiger partial charge in [-0.3, -0.25) is 20.4 Å². The van der Waals surface area contributed by atoms with Crippen LogP contribution in [0.15, 0.2) is 52.3 Å². The topological polar surface area (TPSA) is 157 Å². The Labute approximate surface area is 191 Å². The van der Waals surface area contributed by atoms with Crippen molar-refractivity contribution in [3.8, 4) is 11.5 Å². The fourth-order valence-corrected chi connectivity index (χ4v) is 4.48. The Morgan fingerprint density at radius 3 is 2.18 bits per heavy atom. The second kappa shape index (κ2) is 10.2. The van der Waals surface area contributed by atoms with Crippen LogP contribution in [0.5, 0.6) is 11.5 Å². The van der Waals surface area contributed by atoms with Crippen LogP contribution in [0.1, 0.15) is 23.2 Å². The van der Waals surface area contributed by atoms with Crippen LogP contribution in [-0.4, -0.2) is 54.7 Å². The summed E-state index contributed by atoms with van der Waals surface area (Å²) in [7, 11) is -7.28. The number of sulfone groups is 1. The lowest BCUT2D eigenvalue weighted by molar-refractivity contribution is -0.121. The molecule has 0 unspecified atom stereocenters. The van der Waals surface area contributed by atoms with Crippen molar-refractivity contribution in [2.45, 2.75) is 22.6 Å². The van der Waals surface area contributed by atoms with E-state index < -0.39 is 31.7 Å². The van der Waals surface area contributed by atoms with Crippen molar-refractivity contribution in [1.82, 2.24) is 15.6 Å². The first kappa shape index (κ1) is 24.5. The molecule has 13 heteroatoms. The minimum atomic E-state index is -3.89. The highest BCUT2D eigenvalue weighted by molar-refractivity contribution is 7.90. The molecular formula is C20H23N3O8S2. The SMILES string of the molecule is CS(=O)(=O)c1ccc(C(=O)NNC(=O)CCNS(=O)(=O)c2ccc3c(c2)OCCCO3)cc1. The summed E-state index contributed by atoms with van der Waals surface area (Å²) in [4.78, 5) is 24.0. The summed E-state index contributed by atoms with van der Waals surface area (Å²) >= 11 is 0. The maximum Gasteiger partial charge on any atom is 0.269 e. The number of benzene rings is 2. The zero-order chi connectivity index (χ0) is 24.1. The van der Waals surface area contributed by atoms with Crippen molar-refractivity contribution in [3.05, 3.63) is 48.0 Å². The zero-order valence-corrected chi connectivity index (χ0v) is 19.3. The van der Waals surface area contributed by atoms with Crippen LogP contribution in [0.4, 0.5) is 0 Å². The number of amides is 2. The van der Waals surface area contributed by atoms with Gasteiger partial charge < -0.3 is 9.47 Å². The fourth-order valence-electron chi connectivity index (χ4n) is 2.81. The number of sulfonamides is 1. The molecule has 0 saturated heterocycles. The van der Waals surface area contributed by atoms with E-state index in [-0.39, 0.29) is 28.3 Å². The normalized spacial score (nSPS) is 13.6. The van der Waals surface area contributed by atoms with E-state index in [1.165, 1.54) is 42.5 Å². The number of fused-ring (bicyclic) bond motifs is 1. The number of hydrogen-bond acceptors (Lipinski definition) is 8. The smallest absolute Gasteiger partial charge is 0.269 e. The maximum atomic E-state index is 12.5. The Morgan fingerprint density at radius 2 is 1.52 bits per heavy atom. The number of ether oxygens (including phenoxy) is 2. The van der Waals surface area contributed by atoms with Gasteiger partial charge in [0.25, 0.3) is 5.91 Å². The minimum absolute atomic E-state index is 0.0296. The van der Waals surface area contributed by atoms with Gasteiger partial charge in [0.2, 0.25) is 15.9 Å². The molecule has 2 amide bonds. The highest BCUT2D eigenvalue weighted by Crippen LogP contribution is 2.31. The highest BCUT2D eigenvalue weighted by Gasteiger charge is 2.19. The molecule has 0 aromatic heterocycles. The van der Waals surface area contributed by atoms with Gasteiger partial charge in [0.05, 0.1) is 23.0 Å². The van der Waals surface area contributed by atoms with Crippen LogP contribution in [0.25, 0.3) is 0 Å². The number of rotatable bonds is 7. The average molecular weight is 498 g/mol. The number of hydrazine groups is 1. The first-order chi connectivity index (χ1) is 15.6. The molecular weight excluding hydrogens is 474 g/mol. The molecule has 3 rings (SSSR count). The number of hydrogen-bond donors (Lipinski definition) is 3. The molecule has 11 nitrogen and oxygen atoms in total. The maximum absolute atomic E-state index is 12.5. The quantitative estimate of drug-likeness (QED) is 0.464. The van der Waals surface area contributed by atoms with E-state index in [4.69, 9.17) is 9.47 Å². The van der Waals surface area contributed by atoms with Gasteiger partial charge in [-0.25, -0.2) is 21.6 Å². The van der Waals surface area contributed by atoms with E-state index in [1.807, 2.05) is 0 Å². The lowest BCUT2D eigenvalue weighted by Crippen LogP contribution is -2.42. The van der Waals surface area contributed by atoms with E-state index in [0.717, 1.165) is 6.26 Å². The van der Waals surface area contributed by atoms with E-state index >= 15 is 0 Å². The Morgan fingerprint density at radius 1 is 0.879 bits per heavy atom. The molecule has 0 atom stereocenters. The third kappa shape index (κ3) is 6.66. The van der Waals surface area contributed by atoms with Crippen LogP contribution in [0.2, 0.25) is 0 Å². The summed E-state index contributed by atoms with van der Waals surface area (Å²) in [5.41, 5.74) is 4.49. The first-order valence-electron chi connectivity index (χ1n) is 9.85. The van der Waals surface area contributed by atoms with Crippen LogP contribution in [0, 0.1) is 0 Å². The standard InChI is InChI=1S/C20H23N3O8S2/c1-32(26,27)15-5-3-14(4-6-15)20(25)23-22-19(24)9-10-21-33(28,29)16-7-8-17-18(13-16)31-12-2-11-30-17/h3-8,13,21H,2,9-12H2,1H3,(H,22,24)(H,23,25). The van der Waals surface area contributed by atoms with Gasteiger partial charge in [0.15, 0.2) is 21.3 Å². The summed E-state index contributed by atoms with van der Waals surface area (Å²) in [6.07, 6.45) is 1.50. The molecule has 3 N–H and O–H groups in total. The van der Waals surface area contributed by atoms with Crippen LogP contribution in [0.3, 0.4) is 0 Å². The second-order valence-electron chi connectivity index (χ2n) is 7.11. The molecule has 0 spiro atoms. The Kier molecular flexibility index (Phi) is 7.56. The van der Waals surface area contributed by atoms with Gasteiger partial charge in [-0.1, -0.05) is 0 Å². The van der Waals surface area contributed by atoms with Crippen molar-refractivity contribution in [1.29, 1.82) is 0 Å². The number of carbonyl (C=O) groups is 2. The van der Waals surface area contributed by atoms with Crippen LogP contribution < -0.4 is 25.0 Å². The van der Waals surface area contributed by atoms with E-state index in [2.05, 4.69) is 15.6 Å². The van der Waals surface area contributed by atoms with Crippen molar-refractivity contribution in [2.24, 2.45) is 0 Å². The van der Waals surface area contributed by atoms with Crippen molar-refractivity contribution in [3.63, 3.8) is 0 Å². The Bertz CT molecular complexity index is 1240. The molecule has 0 saturated carbocycles. The first-order valence-corrected chi connectivity index (χ1v) is 13.2. The highest BCUT2D eigenvalue weighted by atomic mass is 32.2. The molecule has 2 aromatic rings. The van der Waals surface area contributed by atoms with Gasteiger partial charge in [-0.2, -0.15) is 0 Å². The average Bonchev–Trinajstić information content (AvgIpc) is 3.02. The fraction of sp³-hybridized carbons (Fsp3) is 0.300. The van der Waals surface area contributed by atoms with Gasteiger partial charge in [0.1, 0.15) is 0 Å². The molecule has 0 fully saturated rings. The predicted molar refractivity (Wildman–Crippen MR) is 117 cm³/mol. The molecule has 0 radical (unpaired) electrons. The van der Waals surface area contributed by atoms with Gasteiger partial charge in [0, 0.05) is 37.3 Å². The summed E-state index contributed by atoms with van der Waals surface area (Å²) in [6.45, 7) is 0.689. The number of carbonyl (C=O) groups excluding carboxylic acids is 2. The monoisotopic (exact) mass is 497 g/mol. The van der Waals surface area contributed by atoms with Crippen molar-refractivity contribution < 1.29 is 35.9 Å². The van der Waals surface area contributed by atoms with Crippen molar-refractivity contribution in [2.75, 3.05) is 26.0 Å². The van der Waals surface area contributed by atoms with Crippen LogP contribution >= 0.6 is 0 Å². The molecule has 0 bridgehead atoms. The van der Waals surface area contributed by atoms with E-state index in [0.29, 0.717) is 31.1 Å². The van der Waals surface area contributed by atoms with Crippen molar-refractivity contribution >= 4 is 31.7 Å². The Balaban J connectivity index is 1.48. The van der Waals surface area contributed by atoms with Gasteiger partial charge in [-0.15, -0.1) is 0 Å². The predicted octanol–water partition coefficient (Wildman–Crippen LogP) is 0.381. The van der Waals surface area contributed by atoms with Gasteiger partial charge >= 0.3 is 0 Å². The minimum Gasteiger partial charge on any atom is -0.490 e. The molecule has 178 valence electrons. The molecule has 1 aliphatic heterocycles. The Hall–Kier alpha value is -3.16. The lowest BCUT2D eigenvalue weighted by atomic mass is 10.2. The van der Waals surface area contributed by atoms with E-state index in [9.17, 15) is 26.4 Å². The molecule has 1 heterocycles. The molecule has 0 aliphatic carbocycles. The summed E-state index contributed by atoms with van der Waals surface area (Å²) in [5.74, 6) is -0.485. The second-order valence-corrected chi connectivity index (χ2v) is 10.9. The van der Waals surface area contributed by atoms with Crippen LogP contribution in [-0.2, 0) is 24.7 Å². The third-order valence-electron chi connectivity index (χ3n) is 4.53. The largest absolute Gasteiger partial charge is 0.490 e. The zero-order valence-electron chi connectivity index (χ0n) is 17.7. The molecule has 1 aliphatic rings. The molecule has 33 heavy (non-hydrogen) atoms. The summed E-state index contributed by atoms with van der Waals surface area (Å²) in [5, 5.41) is 0. The summed E-state index contributed by atoms with van der Waals surface area (Å²) < 4.78 is 61.1. The summed E-state index contributed by atoms with van der Waals surface area (Å²) in [6, 6.07) is 9.42. The lowest BCUT2D eigenvalue weighted by Gasteiger charge is -2.11. The third-order valence-corrected chi connectivity index (χ3v) is 7.12. The van der Waals surface area contributed by atoms with Gasteiger partial charge in [-0.05, 0) is 36.4 Å². The van der Waals surface area contributed by atoms with E-state index in [1.54, 1.807) is 0 Å². The molecule has 2 aromatic carbocycles.